The standard InChI is InChI=1S/C14H21NO3.ClH/c1-14(2,3)18-12-6-4-10(5-7-12)8-11(9-15)13(16)17;/h4-7,11H,8-9,15H2,1-3H3,(H,16,17);1H/t11-;/m0./s1. The Hall–Kier alpha value is -1.26. The Labute approximate surface area is 120 Å². The number of hydrogen-bond acceptors (Lipinski definition) is 3. The smallest absolute Gasteiger partial charge is 0.308 e. The number of benzene rings is 1. The van der Waals surface area contributed by atoms with E-state index >= 15 is 0 Å². The van der Waals surface area contributed by atoms with Crippen LogP contribution in [0.25, 0.3) is 0 Å². The fraction of sp³-hybridized carbons (Fsp3) is 0.500. The van der Waals surface area contributed by atoms with Crippen molar-refractivity contribution in [3.05, 3.63) is 29.8 Å². The van der Waals surface area contributed by atoms with Crippen LogP contribution in [-0.4, -0.2) is 23.2 Å². The van der Waals surface area contributed by atoms with Crippen LogP contribution in [0.5, 0.6) is 5.75 Å². The molecule has 4 nitrogen and oxygen atoms in total. The summed E-state index contributed by atoms with van der Waals surface area (Å²) in [6, 6.07) is 7.48. The molecule has 1 aromatic carbocycles. The Bertz CT molecular complexity index is 398. The molecule has 3 N–H and O–H groups in total. The topological polar surface area (TPSA) is 72.5 Å². The van der Waals surface area contributed by atoms with Crippen LogP contribution < -0.4 is 10.5 Å². The molecule has 1 atom stereocenters. The average Bonchev–Trinajstić information content (AvgIpc) is 2.25. The van der Waals surface area contributed by atoms with Crippen LogP contribution in [0.1, 0.15) is 26.3 Å². The lowest BCUT2D eigenvalue weighted by molar-refractivity contribution is -0.141. The molecule has 0 saturated heterocycles. The van der Waals surface area contributed by atoms with Crippen molar-refractivity contribution in [1.29, 1.82) is 0 Å². The van der Waals surface area contributed by atoms with Crippen molar-refractivity contribution in [3.8, 4) is 5.75 Å². The van der Waals surface area contributed by atoms with Crippen molar-refractivity contribution >= 4 is 18.4 Å². The maximum Gasteiger partial charge on any atom is 0.308 e. The van der Waals surface area contributed by atoms with Gasteiger partial charge in [0, 0.05) is 6.54 Å². The van der Waals surface area contributed by atoms with Gasteiger partial charge in [-0.1, -0.05) is 12.1 Å². The van der Waals surface area contributed by atoms with Crippen LogP contribution in [-0.2, 0) is 11.2 Å². The van der Waals surface area contributed by atoms with E-state index in [-0.39, 0.29) is 24.6 Å². The van der Waals surface area contributed by atoms with Crippen LogP contribution in [0.3, 0.4) is 0 Å². The van der Waals surface area contributed by atoms with E-state index in [1.54, 1.807) is 0 Å². The molecular weight excluding hydrogens is 266 g/mol. The zero-order chi connectivity index (χ0) is 13.8. The van der Waals surface area contributed by atoms with Crippen LogP contribution in [0.4, 0.5) is 0 Å². The Morgan fingerprint density at radius 3 is 2.21 bits per heavy atom. The SMILES string of the molecule is CC(C)(C)Oc1ccc(C[C@@H](CN)C(=O)O)cc1.Cl. The molecule has 0 fully saturated rings. The Morgan fingerprint density at radius 2 is 1.84 bits per heavy atom. The summed E-state index contributed by atoms with van der Waals surface area (Å²) >= 11 is 0. The summed E-state index contributed by atoms with van der Waals surface area (Å²) in [5, 5.41) is 8.94. The minimum Gasteiger partial charge on any atom is -0.488 e. The van der Waals surface area contributed by atoms with Crippen LogP contribution >= 0.6 is 12.4 Å². The first-order chi connectivity index (χ1) is 8.31. The molecule has 108 valence electrons. The molecule has 0 unspecified atom stereocenters. The first kappa shape index (κ1) is 17.7. The van der Waals surface area contributed by atoms with E-state index in [0.29, 0.717) is 6.42 Å². The molecule has 0 amide bonds. The highest BCUT2D eigenvalue weighted by atomic mass is 35.5. The van der Waals surface area contributed by atoms with Gasteiger partial charge >= 0.3 is 5.97 Å². The van der Waals surface area contributed by atoms with Gasteiger partial charge in [-0.3, -0.25) is 4.79 Å². The molecule has 1 rings (SSSR count). The third kappa shape index (κ3) is 6.45. The van der Waals surface area contributed by atoms with Crippen LogP contribution in [0.2, 0.25) is 0 Å². The minimum atomic E-state index is -0.854. The van der Waals surface area contributed by atoms with Gasteiger partial charge in [-0.05, 0) is 44.9 Å². The van der Waals surface area contributed by atoms with Gasteiger partial charge in [-0.25, -0.2) is 0 Å². The molecule has 0 saturated carbocycles. The minimum absolute atomic E-state index is 0. The fourth-order valence-electron chi connectivity index (χ4n) is 1.60. The van der Waals surface area contributed by atoms with Crippen molar-refractivity contribution in [3.63, 3.8) is 0 Å². The second-order valence-corrected chi connectivity index (χ2v) is 5.33. The van der Waals surface area contributed by atoms with Crippen molar-refractivity contribution in [1.82, 2.24) is 0 Å². The number of aliphatic carboxylic acids is 1. The highest BCUT2D eigenvalue weighted by Crippen LogP contribution is 2.19. The van der Waals surface area contributed by atoms with E-state index in [1.807, 2.05) is 45.0 Å². The lowest BCUT2D eigenvalue weighted by Crippen LogP contribution is -2.25. The Morgan fingerprint density at radius 1 is 1.32 bits per heavy atom. The highest BCUT2D eigenvalue weighted by molar-refractivity contribution is 5.85. The predicted octanol–water partition coefficient (Wildman–Crippen LogP) is 2.49. The van der Waals surface area contributed by atoms with Crippen molar-refractivity contribution < 1.29 is 14.6 Å². The molecule has 1 aromatic rings. The predicted molar refractivity (Wildman–Crippen MR) is 78.0 cm³/mol. The highest BCUT2D eigenvalue weighted by Gasteiger charge is 2.16. The van der Waals surface area contributed by atoms with Gasteiger partial charge in [0.25, 0.3) is 0 Å². The molecule has 0 aliphatic heterocycles. The largest absolute Gasteiger partial charge is 0.488 e. The fourth-order valence-corrected chi connectivity index (χ4v) is 1.60. The maximum atomic E-state index is 10.9. The number of nitrogens with two attached hydrogens (primary N) is 1. The van der Waals surface area contributed by atoms with Gasteiger partial charge in [0.15, 0.2) is 0 Å². The van der Waals surface area contributed by atoms with Gasteiger partial charge in [-0.2, -0.15) is 0 Å². The molecular formula is C14H22ClNO3. The van der Waals surface area contributed by atoms with Gasteiger partial charge in [0.1, 0.15) is 11.4 Å². The summed E-state index contributed by atoms with van der Waals surface area (Å²) in [6.07, 6.45) is 0.446. The first-order valence-electron chi connectivity index (χ1n) is 6.02. The van der Waals surface area contributed by atoms with Gasteiger partial charge in [0.2, 0.25) is 0 Å². The Balaban J connectivity index is 0.00000324. The number of carboxylic acid groups (broad SMARTS) is 1. The number of carboxylic acids is 1. The number of halogens is 1. The lowest BCUT2D eigenvalue weighted by Gasteiger charge is -2.21. The molecule has 5 heteroatoms. The van der Waals surface area contributed by atoms with E-state index < -0.39 is 11.9 Å². The first-order valence-corrected chi connectivity index (χ1v) is 6.02. The number of hydrogen-bond donors (Lipinski definition) is 2. The summed E-state index contributed by atoms with van der Waals surface area (Å²) in [5.74, 6) is -0.599. The Kier molecular flexibility index (Phi) is 6.87. The number of carbonyl (C=O) groups is 1. The molecule has 0 radical (unpaired) electrons. The van der Waals surface area contributed by atoms with E-state index in [2.05, 4.69) is 0 Å². The third-order valence-corrected chi connectivity index (χ3v) is 2.46. The second-order valence-electron chi connectivity index (χ2n) is 5.33. The second kappa shape index (κ2) is 7.36. The molecule has 0 heterocycles. The summed E-state index contributed by atoms with van der Waals surface area (Å²) in [7, 11) is 0. The zero-order valence-electron chi connectivity index (χ0n) is 11.6. The lowest BCUT2D eigenvalue weighted by atomic mass is 9.99. The van der Waals surface area contributed by atoms with Gasteiger partial charge in [-0.15, -0.1) is 12.4 Å². The average molecular weight is 288 g/mol. The van der Waals surface area contributed by atoms with E-state index in [4.69, 9.17) is 15.6 Å². The third-order valence-electron chi connectivity index (χ3n) is 2.46. The summed E-state index contributed by atoms with van der Waals surface area (Å²) in [5.41, 5.74) is 6.15. The van der Waals surface area contributed by atoms with Gasteiger partial charge in [0.05, 0.1) is 5.92 Å². The monoisotopic (exact) mass is 287 g/mol. The van der Waals surface area contributed by atoms with Crippen molar-refractivity contribution in [2.45, 2.75) is 32.8 Å². The van der Waals surface area contributed by atoms with E-state index in [9.17, 15) is 4.79 Å². The van der Waals surface area contributed by atoms with Crippen molar-refractivity contribution in [2.24, 2.45) is 11.7 Å². The molecule has 0 aliphatic rings. The van der Waals surface area contributed by atoms with Crippen LogP contribution in [0.15, 0.2) is 24.3 Å². The number of ether oxygens (including phenoxy) is 1. The number of rotatable bonds is 5. The molecule has 19 heavy (non-hydrogen) atoms. The molecule has 0 spiro atoms. The van der Waals surface area contributed by atoms with Crippen LogP contribution in [0, 0.1) is 5.92 Å². The molecule has 0 aliphatic carbocycles. The zero-order valence-corrected chi connectivity index (χ0v) is 12.4. The van der Waals surface area contributed by atoms with E-state index in [1.165, 1.54) is 0 Å². The molecule has 0 bridgehead atoms. The quantitative estimate of drug-likeness (QED) is 0.873. The molecule has 0 aromatic heterocycles. The summed E-state index contributed by atoms with van der Waals surface area (Å²) in [6.45, 7) is 6.09. The normalized spacial score (nSPS) is 12.4. The maximum absolute atomic E-state index is 10.9. The van der Waals surface area contributed by atoms with E-state index in [0.717, 1.165) is 11.3 Å². The summed E-state index contributed by atoms with van der Waals surface area (Å²) < 4.78 is 5.69. The van der Waals surface area contributed by atoms with Crippen molar-refractivity contribution in [2.75, 3.05) is 6.54 Å². The summed E-state index contributed by atoms with van der Waals surface area (Å²) in [4.78, 5) is 10.9. The van der Waals surface area contributed by atoms with Gasteiger partial charge < -0.3 is 15.6 Å².